The summed E-state index contributed by atoms with van der Waals surface area (Å²) in [6.45, 7) is 7.84. The van der Waals surface area contributed by atoms with Gasteiger partial charge in [-0.05, 0) is 36.6 Å². The predicted octanol–water partition coefficient (Wildman–Crippen LogP) is 4.05. The van der Waals surface area contributed by atoms with Crippen molar-refractivity contribution in [2.24, 2.45) is 5.92 Å². The van der Waals surface area contributed by atoms with Crippen molar-refractivity contribution in [3.8, 4) is 0 Å². The van der Waals surface area contributed by atoms with Crippen molar-refractivity contribution >= 4 is 17.4 Å². The fourth-order valence-corrected chi connectivity index (χ4v) is 2.03. The molecular formula is C13H17ClO. The monoisotopic (exact) mass is 224 g/mol. The lowest BCUT2D eigenvalue weighted by Gasteiger charge is -2.13. The molecule has 0 amide bonds. The van der Waals surface area contributed by atoms with E-state index in [0.717, 1.165) is 23.1 Å². The molecule has 0 bridgehead atoms. The molecule has 0 heterocycles. The standard InChI is InChI=1S/C13H17ClO/c1-5-10-7-11(14)6-9(4)12(10)13(15)8(2)3/h6-8H,5H2,1-4H3. The van der Waals surface area contributed by atoms with Crippen molar-refractivity contribution in [2.45, 2.75) is 34.1 Å². The molecule has 0 N–H and O–H groups in total. The van der Waals surface area contributed by atoms with Crippen LogP contribution in [0.3, 0.4) is 0 Å². The van der Waals surface area contributed by atoms with E-state index in [1.54, 1.807) is 0 Å². The highest BCUT2D eigenvalue weighted by atomic mass is 35.5. The molecule has 0 aliphatic heterocycles. The first kappa shape index (κ1) is 12.3. The van der Waals surface area contributed by atoms with Gasteiger partial charge in [-0.3, -0.25) is 4.79 Å². The van der Waals surface area contributed by atoms with E-state index >= 15 is 0 Å². The van der Waals surface area contributed by atoms with Crippen LogP contribution in [0.4, 0.5) is 0 Å². The molecule has 0 aliphatic carbocycles. The minimum absolute atomic E-state index is 0.0372. The zero-order valence-corrected chi connectivity index (χ0v) is 10.5. The lowest BCUT2D eigenvalue weighted by atomic mass is 9.91. The van der Waals surface area contributed by atoms with Gasteiger partial charge in [0.1, 0.15) is 0 Å². The second-order valence-electron chi connectivity index (χ2n) is 4.13. The van der Waals surface area contributed by atoms with Crippen LogP contribution in [0.25, 0.3) is 0 Å². The van der Waals surface area contributed by atoms with Gasteiger partial charge in [0.25, 0.3) is 0 Å². The summed E-state index contributed by atoms with van der Waals surface area (Å²) in [4.78, 5) is 12.0. The molecule has 82 valence electrons. The average Bonchev–Trinajstić information content (AvgIpc) is 2.15. The van der Waals surface area contributed by atoms with Crippen LogP contribution >= 0.6 is 11.6 Å². The molecule has 0 spiro atoms. The lowest BCUT2D eigenvalue weighted by molar-refractivity contribution is 0.0938. The number of Topliss-reactive ketones (excluding diaryl/α,β-unsaturated/α-hetero) is 1. The van der Waals surface area contributed by atoms with Gasteiger partial charge in [-0.1, -0.05) is 32.4 Å². The third-order valence-corrected chi connectivity index (χ3v) is 2.75. The highest BCUT2D eigenvalue weighted by Crippen LogP contribution is 2.23. The molecule has 0 radical (unpaired) electrons. The second kappa shape index (κ2) is 4.80. The molecule has 1 rings (SSSR count). The Bertz CT molecular complexity index is 380. The van der Waals surface area contributed by atoms with Crippen LogP contribution in [0.15, 0.2) is 12.1 Å². The fraction of sp³-hybridized carbons (Fsp3) is 0.462. The number of carbonyl (C=O) groups excluding carboxylic acids is 1. The highest BCUT2D eigenvalue weighted by Gasteiger charge is 2.17. The molecule has 0 unspecified atom stereocenters. The minimum atomic E-state index is 0.0372. The van der Waals surface area contributed by atoms with E-state index in [2.05, 4.69) is 0 Å². The Kier molecular flexibility index (Phi) is 3.92. The first-order chi connectivity index (χ1) is 6.97. The number of aryl methyl sites for hydroxylation is 2. The molecule has 1 nitrogen and oxygen atoms in total. The number of halogens is 1. The summed E-state index contributed by atoms with van der Waals surface area (Å²) >= 11 is 5.97. The number of rotatable bonds is 3. The van der Waals surface area contributed by atoms with Crippen LogP contribution in [0, 0.1) is 12.8 Å². The predicted molar refractivity (Wildman–Crippen MR) is 64.7 cm³/mol. The fourth-order valence-electron chi connectivity index (χ4n) is 1.73. The summed E-state index contributed by atoms with van der Waals surface area (Å²) in [7, 11) is 0. The molecule has 1 aromatic carbocycles. The van der Waals surface area contributed by atoms with Crippen LogP contribution in [0.5, 0.6) is 0 Å². The summed E-state index contributed by atoms with van der Waals surface area (Å²) in [6.07, 6.45) is 0.842. The van der Waals surface area contributed by atoms with Gasteiger partial charge in [0.2, 0.25) is 0 Å². The molecule has 0 aliphatic rings. The van der Waals surface area contributed by atoms with Crippen LogP contribution < -0.4 is 0 Å². The Morgan fingerprint density at radius 1 is 1.40 bits per heavy atom. The van der Waals surface area contributed by atoms with Gasteiger partial charge in [-0.2, -0.15) is 0 Å². The number of ketones is 1. The summed E-state index contributed by atoms with van der Waals surface area (Å²) in [5, 5.41) is 0.713. The van der Waals surface area contributed by atoms with Gasteiger partial charge in [-0.15, -0.1) is 0 Å². The van der Waals surface area contributed by atoms with Gasteiger partial charge in [0, 0.05) is 16.5 Å². The average molecular weight is 225 g/mol. The molecule has 15 heavy (non-hydrogen) atoms. The van der Waals surface area contributed by atoms with Crippen molar-refractivity contribution in [3.05, 3.63) is 33.8 Å². The van der Waals surface area contributed by atoms with E-state index in [4.69, 9.17) is 11.6 Å². The van der Waals surface area contributed by atoms with Gasteiger partial charge < -0.3 is 0 Å². The lowest BCUT2D eigenvalue weighted by Crippen LogP contribution is -2.12. The summed E-state index contributed by atoms with van der Waals surface area (Å²) < 4.78 is 0. The molecule has 0 fully saturated rings. The number of carbonyl (C=O) groups is 1. The Labute approximate surface area is 96.5 Å². The first-order valence-corrected chi connectivity index (χ1v) is 5.68. The van der Waals surface area contributed by atoms with Crippen LogP contribution in [-0.4, -0.2) is 5.78 Å². The Morgan fingerprint density at radius 3 is 2.47 bits per heavy atom. The third-order valence-electron chi connectivity index (χ3n) is 2.53. The normalized spacial score (nSPS) is 10.8. The van der Waals surface area contributed by atoms with Crippen molar-refractivity contribution in [1.82, 2.24) is 0 Å². The van der Waals surface area contributed by atoms with Gasteiger partial charge in [0.15, 0.2) is 5.78 Å². The number of hydrogen-bond acceptors (Lipinski definition) is 1. The highest BCUT2D eigenvalue weighted by molar-refractivity contribution is 6.30. The minimum Gasteiger partial charge on any atom is -0.294 e. The SMILES string of the molecule is CCc1cc(Cl)cc(C)c1C(=O)C(C)C. The molecule has 2 heteroatoms. The molecule has 0 saturated carbocycles. The molecular weight excluding hydrogens is 208 g/mol. The van der Waals surface area contributed by atoms with Crippen LogP contribution in [0.1, 0.15) is 42.3 Å². The molecule has 0 saturated heterocycles. The maximum Gasteiger partial charge on any atom is 0.165 e. The molecule has 0 atom stereocenters. The van der Waals surface area contributed by atoms with Crippen molar-refractivity contribution in [1.29, 1.82) is 0 Å². The van der Waals surface area contributed by atoms with Crippen LogP contribution in [-0.2, 0) is 6.42 Å². The molecule has 1 aromatic rings. The maximum absolute atomic E-state index is 12.0. The van der Waals surface area contributed by atoms with E-state index in [9.17, 15) is 4.79 Å². The smallest absolute Gasteiger partial charge is 0.165 e. The Balaban J connectivity index is 3.33. The Hall–Kier alpha value is -0.820. The summed E-state index contributed by atoms with van der Waals surface area (Å²) in [6, 6.07) is 3.75. The Morgan fingerprint density at radius 2 is 2.00 bits per heavy atom. The van der Waals surface area contributed by atoms with Crippen molar-refractivity contribution in [2.75, 3.05) is 0 Å². The molecule has 0 aromatic heterocycles. The zero-order chi connectivity index (χ0) is 11.6. The van der Waals surface area contributed by atoms with Crippen LogP contribution in [0.2, 0.25) is 5.02 Å². The van der Waals surface area contributed by atoms with E-state index in [1.165, 1.54) is 0 Å². The summed E-state index contributed by atoms with van der Waals surface area (Å²) in [5.74, 6) is 0.246. The summed E-state index contributed by atoms with van der Waals surface area (Å²) in [5.41, 5.74) is 2.90. The second-order valence-corrected chi connectivity index (χ2v) is 4.57. The van der Waals surface area contributed by atoms with Crippen molar-refractivity contribution < 1.29 is 4.79 Å². The largest absolute Gasteiger partial charge is 0.294 e. The van der Waals surface area contributed by atoms with E-state index in [1.807, 2.05) is 39.8 Å². The zero-order valence-electron chi connectivity index (χ0n) is 9.73. The first-order valence-electron chi connectivity index (χ1n) is 5.30. The van der Waals surface area contributed by atoms with Gasteiger partial charge in [0.05, 0.1) is 0 Å². The van der Waals surface area contributed by atoms with Gasteiger partial charge >= 0.3 is 0 Å². The van der Waals surface area contributed by atoms with Gasteiger partial charge in [-0.25, -0.2) is 0 Å². The quantitative estimate of drug-likeness (QED) is 0.708. The van der Waals surface area contributed by atoms with E-state index in [0.29, 0.717) is 5.02 Å². The number of hydrogen-bond donors (Lipinski definition) is 0. The van der Waals surface area contributed by atoms with E-state index in [-0.39, 0.29) is 11.7 Å². The number of benzene rings is 1. The van der Waals surface area contributed by atoms with E-state index < -0.39 is 0 Å². The third kappa shape index (κ3) is 2.60. The van der Waals surface area contributed by atoms with Crippen molar-refractivity contribution in [3.63, 3.8) is 0 Å². The maximum atomic E-state index is 12.0. The topological polar surface area (TPSA) is 17.1 Å².